The van der Waals surface area contributed by atoms with E-state index in [1.807, 2.05) is 0 Å². The topological polar surface area (TPSA) is 108 Å². The molecule has 0 spiro atoms. The van der Waals surface area contributed by atoms with Gasteiger partial charge in [-0.3, -0.25) is 0 Å². The molecular formula is C15H9ClO8S. The van der Waals surface area contributed by atoms with Gasteiger partial charge in [0.05, 0.1) is 14.8 Å². The first kappa shape index (κ1) is 15.9. The number of hydrogen-bond donors (Lipinski definition) is 1. The Morgan fingerprint density at radius 2 is 1.72 bits per heavy atom. The highest BCUT2D eigenvalue weighted by molar-refractivity contribution is 7.91. The summed E-state index contributed by atoms with van der Waals surface area (Å²) >= 11 is 6.07. The van der Waals surface area contributed by atoms with Crippen molar-refractivity contribution in [1.82, 2.24) is 0 Å². The highest BCUT2D eigenvalue weighted by Crippen LogP contribution is 2.43. The molecule has 0 aliphatic carbocycles. The molecule has 2 aromatic rings. The molecule has 1 N–H and O–H groups in total. The fourth-order valence-corrected chi connectivity index (χ4v) is 4.23. The van der Waals surface area contributed by atoms with Gasteiger partial charge in [0, 0.05) is 18.2 Å². The molecule has 0 bridgehead atoms. The lowest BCUT2D eigenvalue weighted by molar-refractivity contribution is -0.154. The minimum absolute atomic E-state index is 0.0141. The monoisotopic (exact) mass is 384 g/mol. The van der Waals surface area contributed by atoms with Crippen LogP contribution in [0, 0.1) is 0 Å². The van der Waals surface area contributed by atoms with E-state index in [4.69, 9.17) is 35.7 Å². The molecule has 130 valence electrons. The molecule has 2 aromatic carbocycles. The molecule has 25 heavy (non-hydrogen) atoms. The summed E-state index contributed by atoms with van der Waals surface area (Å²) < 4.78 is 46.2. The third kappa shape index (κ3) is 2.52. The minimum atomic E-state index is -4.00. The molecule has 1 unspecified atom stereocenters. The summed E-state index contributed by atoms with van der Waals surface area (Å²) in [5.74, 6) is -0.547. The van der Waals surface area contributed by atoms with Crippen molar-refractivity contribution in [3.63, 3.8) is 0 Å². The smallest absolute Gasteiger partial charge is 0.387 e. The number of aliphatic carboxylic acids is 1. The summed E-state index contributed by atoms with van der Waals surface area (Å²) in [6, 6.07) is 6.53. The zero-order valence-corrected chi connectivity index (χ0v) is 13.8. The summed E-state index contributed by atoms with van der Waals surface area (Å²) in [4.78, 5) is 10.7. The van der Waals surface area contributed by atoms with Crippen molar-refractivity contribution in [1.29, 1.82) is 0 Å². The fourth-order valence-electron chi connectivity index (χ4n) is 2.43. The van der Waals surface area contributed by atoms with E-state index in [1.54, 1.807) is 0 Å². The lowest BCUT2D eigenvalue weighted by Crippen LogP contribution is -2.28. The number of fused-ring (bicyclic) bond motifs is 2. The van der Waals surface area contributed by atoms with Crippen LogP contribution in [-0.4, -0.2) is 32.6 Å². The number of sulfone groups is 1. The standard InChI is InChI=1S/C15H9ClO8S/c16-8-4-11-12(24-15(23-11)14(17)18)5-13(8)25(19,20)7-1-2-9-10(3-7)22-6-21-9/h1-5,15H,6H2,(H,17,18). The molecule has 0 saturated heterocycles. The van der Waals surface area contributed by atoms with Gasteiger partial charge in [-0.25, -0.2) is 13.2 Å². The van der Waals surface area contributed by atoms with Crippen LogP contribution in [0.15, 0.2) is 40.1 Å². The number of benzene rings is 2. The summed E-state index contributed by atoms with van der Waals surface area (Å²) in [5, 5.41) is 8.81. The molecule has 0 fully saturated rings. The lowest BCUT2D eigenvalue weighted by Gasteiger charge is -2.08. The minimum Gasteiger partial charge on any atom is -0.476 e. The second-order valence-corrected chi connectivity index (χ2v) is 7.48. The average molecular weight is 385 g/mol. The van der Waals surface area contributed by atoms with Crippen LogP contribution in [0.1, 0.15) is 0 Å². The third-order valence-corrected chi connectivity index (χ3v) is 5.83. The predicted molar refractivity (Wildman–Crippen MR) is 82.1 cm³/mol. The molecule has 0 saturated carbocycles. The predicted octanol–water partition coefficient (Wildman–Crippen LogP) is 2.08. The maximum Gasteiger partial charge on any atom is 0.387 e. The van der Waals surface area contributed by atoms with Gasteiger partial charge in [-0.1, -0.05) is 11.6 Å². The Bertz CT molecular complexity index is 1000. The molecule has 8 nitrogen and oxygen atoms in total. The Kier molecular flexibility index (Phi) is 3.44. The maximum absolute atomic E-state index is 12.9. The summed E-state index contributed by atoms with van der Waals surface area (Å²) in [7, 11) is -4.00. The Hall–Kier alpha value is -2.65. The van der Waals surface area contributed by atoms with E-state index in [0.717, 1.165) is 6.07 Å². The van der Waals surface area contributed by atoms with Gasteiger partial charge in [0.15, 0.2) is 23.0 Å². The van der Waals surface area contributed by atoms with E-state index in [9.17, 15) is 13.2 Å². The SMILES string of the molecule is O=C(O)C1Oc2cc(Cl)c(S(=O)(=O)c3ccc4c(c3)OCO4)cc2O1. The maximum atomic E-state index is 12.9. The number of carboxylic acids is 1. The van der Waals surface area contributed by atoms with Gasteiger partial charge in [0.25, 0.3) is 0 Å². The van der Waals surface area contributed by atoms with E-state index >= 15 is 0 Å². The van der Waals surface area contributed by atoms with Crippen LogP contribution in [0.2, 0.25) is 5.02 Å². The van der Waals surface area contributed by atoms with Crippen molar-refractivity contribution in [3.8, 4) is 23.0 Å². The van der Waals surface area contributed by atoms with E-state index in [-0.39, 0.29) is 33.1 Å². The van der Waals surface area contributed by atoms with E-state index in [1.165, 1.54) is 24.3 Å². The summed E-state index contributed by atoms with van der Waals surface area (Å²) in [6.07, 6.45) is -1.55. The first-order valence-corrected chi connectivity index (χ1v) is 8.77. The first-order valence-electron chi connectivity index (χ1n) is 6.90. The van der Waals surface area contributed by atoms with Gasteiger partial charge in [0.1, 0.15) is 0 Å². The number of rotatable bonds is 3. The first-order chi connectivity index (χ1) is 11.9. The number of carboxylic acid groups (broad SMARTS) is 1. The highest BCUT2D eigenvalue weighted by Gasteiger charge is 2.34. The molecule has 10 heteroatoms. The zero-order valence-electron chi connectivity index (χ0n) is 12.3. The van der Waals surface area contributed by atoms with Gasteiger partial charge in [-0.05, 0) is 12.1 Å². The summed E-state index contributed by atoms with van der Waals surface area (Å²) in [5.41, 5.74) is 0. The van der Waals surface area contributed by atoms with Crippen molar-refractivity contribution in [2.75, 3.05) is 6.79 Å². The van der Waals surface area contributed by atoms with Crippen LogP contribution in [0.4, 0.5) is 0 Å². The fraction of sp³-hybridized carbons (Fsp3) is 0.133. The number of hydrogen-bond acceptors (Lipinski definition) is 7. The Morgan fingerprint density at radius 3 is 2.44 bits per heavy atom. The molecular weight excluding hydrogens is 376 g/mol. The number of ether oxygens (including phenoxy) is 4. The van der Waals surface area contributed by atoms with Crippen molar-refractivity contribution >= 4 is 27.4 Å². The Morgan fingerprint density at radius 1 is 1.04 bits per heavy atom. The molecule has 2 aliphatic heterocycles. The van der Waals surface area contributed by atoms with Crippen molar-refractivity contribution < 1.29 is 37.3 Å². The van der Waals surface area contributed by atoms with E-state index in [2.05, 4.69) is 0 Å². The van der Waals surface area contributed by atoms with Gasteiger partial charge in [0.2, 0.25) is 16.6 Å². The molecule has 4 rings (SSSR count). The molecule has 0 aromatic heterocycles. The van der Waals surface area contributed by atoms with Gasteiger partial charge < -0.3 is 24.1 Å². The van der Waals surface area contributed by atoms with Crippen LogP contribution in [0.3, 0.4) is 0 Å². The Labute approximate surface area is 146 Å². The summed E-state index contributed by atoms with van der Waals surface area (Å²) in [6.45, 7) is 0.0141. The second-order valence-electron chi connectivity index (χ2n) is 5.15. The Balaban J connectivity index is 1.77. The zero-order chi connectivity index (χ0) is 17.8. The molecule has 0 radical (unpaired) electrons. The molecule has 2 heterocycles. The van der Waals surface area contributed by atoms with Crippen LogP contribution in [-0.2, 0) is 14.6 Å². The molecule has 2 aliphatic rings. The number of halogens is 1. The average Bonchev–Trinajstić information content (AvgIpc) is 3.19. The lowest BCUT2D eigenvalue weighted by atomic mass is 10.3. The van der Waals surface area contributed by atoms with E-state index < -0.39 is 22.1 Å². The highest BCUT2D eigenvalue weighted by atomic mass is 35.5. The largest absolute Gasteiger partial charge is 0.476 e. The van der Waals surface area contributed by atoms with Crippen LogP contribution in [0.5, 0.6) is 23.0 Å². The normalized spacial score (nSPS) is 17.6. The second kappa shape index (κ2) is 5.43. The molecule has 1 atom stereocenters. The molecule has 0 amide bonds. The van der Waals surface area contributed by atoms with Crippen LogP contribution >= 0.6 is 11.6 Å². The van der Waals surface area contributed by atoms with Crippen molar-refractivity contribution in [2.24, 2.45) is 0 Å². The van der Waals surface area contributed by atoms with Crippen LogP contribution in [0.25, 0.3) is 0 Å². The number of carbonyl (C=O) groups is 1. The quantitative estimate of drug-likeness (QED) is 0.856. The van der Waals surface area contributed by atoms with Gasteiger partial charge in [-0.15, -0.1) is 0 Å². The van der Waals surface area contributed by atoms with Crippen LogP contribution < -0.4 is 18.9 Å². The van der Waals surface area contributed by atoms with Crippen molar-refractivity contribution in [3.05, 3.63) is 35.4 Å². The third-order valence-electron chi connectivity index (χ3n) is 3.61. The van der Waals surface area contributed by atoms with Gasteiger partial charge >= 0.3 is 12.3 Å². The van der Waals surface area contributed by atoms with Crippen molar-refractivity contribution in [2.45, 2.75) is 16.1 Å². The van der Waals surface area contributed by atoms with Gasteiger partial charge in [-0.2, -0.15) is 0 Å². The van der Waals surface area contributed by atoms with E-state index in [0.29, 0.717) is 11.5 Å².